The summed E-state index contributed by atoms with van der Waals surface area (Å²) in [6.07, 6.45) is 4.08. The molecule has 0 saturated heterocycles. The highest BCUT2D eigenvalue weighted by molar-refractivity contribution is 7.97. The quantitative estimate of drug-likeness (QED) is 0.657. The van der Waals surface area contributed by atoms with Gasteiger partial charge in [-0.25, -0.2) is 4.98 Å². The molecule has 0 saturated carbocycles. The molecule has 0 aromatic carbocycles. The summed E-state index contributed by atoms with van der Waals surface area (Å²) >= 11 is 1.75. The number of anilines is 1. The SMILES string of the molecule is CSC.Nc1ccc2c(n1)CNC2. The van der Waals surface area contributed by atoms with Gasteiger partial charge in [0.1, 0.15) is 5.82 Å². The Kier molecular flexibility index (Phi) is 4.05. The van der Waals surface area contributed by atoms with Crippen LogP contribution in [-0.2, 0) is 13.1 Å². The Balaban J connectivity index is 0.000000251. The number of thioether (sulfide) groups is 1. The van der Waals surface area contributed by atoms with Crippen LogP contribution in [0.4, 0.5) is 5.82 Å². The highest BCUT2D eigenvalue weighted by Crippen LogP contribution is 2.13. The molecular formula is C9H15N3S. The van der Waals surface area contributed by atoms with E-state index in [1.54, 1.807) is 11.8 Å². The monoisotopic (exact) mass is 197 g/mol. The fourth-order valence-electron chi connectivity index (χ4n) is 1.18. The maximum absolute atomic E-state index is 5.49. The summed E-state index contributed by atoms with van der Waals surface area (Å²) in [6.45, 7) is 1.79. The number of nitrogens with zero attached hydrogens (tertiary/aromatic N) is 1. The van der Waals surface area contributed by atoms with E-state index in [9.17, 15) is 0 Å². The van der Waals surface area contributed by atoms with Crippen LogP contribution in [0, 0.1) is 0 Å². The van der Waals surface area contributed by atoms with E-state index in [0.29, 0.717) is 5.82 Å². The van der Waals surface area contributed by atoms with Crippen LogP contribution in [0.25, 0.3) is 0 Å². The van der Waals surface area contributed by atoms with Crippen molar-refractivity contribution in [2.24, 2.45) is 0 Å². The summed E-state index contributed by atoms with van der Waals surface area (Å²) < 4.78 is 0. The molecule has 72 valence electrons. The lowest BCUT2D eigenvalue weighted by Crippen LogP contribution is -2.00. The zero-order valence-electron chi connectivity index (χ0n) is 8.00. The second-order valence-corrected chi connectivity index (χ2v) is 3.67. The molecule has 3 nitrogen and oxygen atoms in total. The van der Waals surface area contributed by atoms with Crippen LogP contribution in [0.5, 0.6) is 0 Å². The van der Waals surface area contributed by atoms with Crippen LogP contribution in [0.2, 0.25) is 0 Å². The third-order valence-electron chi connectivity index (χ3n) is 1.70. The van der Waals surface area contributed by atoms with Crippen LogP contribution in [0.3, 0.4) is 0 Å². The molecule has 0 fully saturated rings. The van der Waals surface area contributed by atoms with E-state index in [0.717, 1.165) is 18.8 Å². The number of hydrogen-bond acceptors (Lipinski definition) is 4. The average molecular weight is 197 g/mol. The molecule has 1 aliphatic heterocycles. The van der Waals surface area contributed by atoms with Crippen molar-refractivity contribution in [1.29, 1.82) is 0 Å². The fraction of sp³-hybridized carbons (Fsp3) is 0.444. The van der Waals surface area contributed by atoms with Crippen molar-refractivity contribution in [2.45, 2.75) is 13.1 Å². The minimum absolute atomic E-state index is 0.613. The summed E-state index contributed by atoms with van der Waals surface area (Å²) in [5.74, 6) is 0.613. The van der Waals surface area contributed by atoms with E-state index in [1.165, 1.54) is 5.56 Å². The van der Waals surface area contributed by atoms with Crippen LogP contribution in [0.1, 0.15) is 11.3 Å². The number of aromatic nitrogens is 1. The van der Waals surface area contributed by atoms with Gasteiger partial charge in [-0.15, -0.1) is 0 Å². The molecule has 0 spiro atoms. The molecule has 1 aliphatic rings. The van der Waals surface area contributed by atoms with Gasteiger partial charge in [0.05, 0.1) is 5.69 Å². The zero-order chi connectivity index (χ0) is 9.68. The van der Waals surface area contributed by atoms with Crippen molar-refractivity contribution in [3.63, 3.8) is 0 Å². The largest absolute Gasteiger partial charge is 0.384 e. The van der Waals surface area contributed by atoms with Gasteiger partial charge in [0.15, 0.2) is 0 Å². The summed E-state index contributed by atoms with van der Waals surface area (Å²) in [5, 5.41) is 3.20. The number of pyridine rings is 1. The maximum Gasteiger partial charge on any atom is 0.123 e. The second-order valence-electron chi connectivity index (χ2n) is 2.85. The summed E-state index contributed by atoms with van der Waals surface area (Å²) in [7, 11) is 0. The lowest BCUT2D eigenvalue weighted by Gasteiger charge is -1.95. The summed E-state index contributed by atoms with van der Waals surface area (Å²) in [6, 6.07) is 3.86. The van der Waals surface area contributed by atoms with Gasteiger partial charge in [0, 0.05) is 13.1 Å². The van der Waals surface area contributed by atoms with Gasteiger partial charge in [-0.1, -0.05) is 6.07 Å². The summed E-state index contributed by atoms with van der Waals surface area (Å²) in [4.78, 5) is 4.17. The molecule has 0 amide bonds. The van der Waals surface area contributed by atoms with Gasteiger partial charge in [-0.3, -0.25) is 0 Å². The lowest BCUT2D eigenvalue weighted by atomic mass is 10.2. The Morgan fingerprint density at radius 2 is 2.08 bits per heavy atom. The van der Waals surface area contributed by atoms with Crippen molar-refractivity contribution < 1.29 is 0 Å². The summed E-state index contributed by atoms with van der Waals surface area (Å²) in [5.41, 5.74) is 7.86. The highest BCUT2D eigenvalue weighted by atomic mass is 32.2. The average Bonchev–Trinajstić information content (AvgIpc) is 2.52. The number of nitrogen functional groups attached to an aromatic ring is 1. The molecule has 13 heavy (non-hydrogen) atoms. The molecule has 0 unspecified atom stereocenters. The number of fused-ring (bicyclic) bond motifs is 1. The molecule has 0 radical (unpaired) electrons. The van der Waals surface area contributed by atoms with Gasteiger partial charge < -0.3 is 11.1 Å². The maximum atomic E-state index is 5.49. The predicted molar refractivity (Wildman–Crippen MR) is 58.6 cm³/mol. The van der Waals surface area contributed by atoms with Crippen LogP contribution in [0.15, 0.2) is 12.1 Å². The van der Waals surface area contributed by atoms with Gasteiger partial charge in [0.2, 0.25) is 0 Å². The number of hydrogen-bond donors (Lipinski definition) is 2. The first-order valence-electron chi connectivity index (χ1n) is 4.13. The number of nitrogens with one attached hydrogen (secondary N) is 1. The van der Waals surface area contributed by atoms with Gasteiger partial charge in [-0.05, 0) is 24.1 Å². The van der Waals surface area contributed by atoms with Crippen molar-refractivity contribution in [2.75, 3.05) is 18.2 Å². The Morgan fingerprint density at radius 3 is 2.77 bits per heavy atom. The second kappa shape index (κ2) is 5.09. The first-order chi connectivity index (χ1) is 6.27. The first kappa shape index (κ1) is 10.3. The first-order valence-corrected chi connectivity index (χ1v) is 5.76. The van der Waals surface area contributed by atoms with Gasteiger partial charge in [-0.2, -0.15) is 11.8 Å². The molecule has 4 heteroatoms. The highest BCUT2D eigenvalue weighted by Gasteiger charge is 2.09. The van der Waals surface area contributed by atoms with Gasteiger partial charge >= 0.3 is 0 Å². The Morgan fingerprint density at radius 1 is 1.38 bits per heavy atom. The Hall–Kier alpha value is -0.740. The van der Waals surface area contributed by atoms with Crippen LogP contribution < -0.4 is 11.1 Å². The minimum atomic E-state index is 0.613. The van der Waals surface area contributed by atoms with E-state index in [4.69, 9.17) is 5.73 Å². The molecule has 0 bridgehead atoms. The number of nitrogens with two attached hydrogens (primary N) is 1. The van der Waals surface area contributed by atoms with E-state index in [2.05, 4.69) is 10.3 Å². The molecular weight excluding hydrogens is 182 g/mol. The minimum Gasteiger partial charge on any atom is -0.384 e. The van der Waals surface area contributed by atoms with E-state index < -0.39 is 0 Å². The number of rotatable bonds is 0. The van der Waals surface area contributed by atoms with Crippen LogP contribution >= 0.6 is 11.8 Å². The van der Waals surface area contributed by atoms with Crippen LogP contribution in [-0.4, -0.2) is 17.5 Å². The topological polar surface area (TPSA) is 50.9 Å². The van der Waals surface area contributed by atoms with E-state index in [1.807, 2.05) is 24.6 Å². The van der Waals surface area contributed by atoms with Crippen molar-refractivity contribution >= 4 is 17.6 Å². The van der Waals surface area contributed by atoms with Crippen molar-refractivity contribution in [3.05, 3.63) is 23.4 Å². The lowest BCUT2D eigenvalue weighted by molar-refractivity contribution is 0.758. The Bertz CT molecular complexity index is 276. The molecule has 2 rings (SSSR count). The predicted octanol–water partition coefficient (Wildman–Crippen LogP) is 1.25. The van der Waals surface area contributed by atoms with Gasteiger partial charge in [0.25, 0.3) is 0 Å². The Labute approximate surface area is 83.1 Å². The molecule has 0 aliphatic carbocycles. The normalized spacial score (nSPS) is 13.1. The van der Waals surface area contributed by atoms with E-state index in [-0.39, 0.29) is 0 Å². The molecule has 1 aromatic rings. The standard InChI is InChI=1S/C7H9N3.C2H6S/c8-7-2-1-5-3-9-4-6(5)10-7;1-3-2/h1-2,9H,3-4H2,(H2,8,10);1-2H3. The van der Waals surface area contributed by atoms with Crippen molar-refractivity contribution in [1.82, 2.24) is 10.3 Å². The molecule has 3 N–H and O–H groups in total. The fourth-order valence-corrected chi connectivity index (χ4v) is 1.18. The third kappa shape index (κ3) is 2.90. The van der Waals surface area contributed by atoms with Crippen molar-refractivity contribution in [3.8, 4) is 0 Å². The molecule has 0 atom stereocenters. The third-order valence-corrected chi connectivity index (χ3v) is 1.70. The zero-order valence-corrected chi connectivity index (χ0v) is 8.82. The smallest absolute Gasteiger partial charge is 0.123 e. The van der Waals surface area contributed by atoms with E-state index >= 15 is 0 Å². The molecule has 2 heterocycles. The molecule has 1 aromatic heterocycles.